The number of hydrogen-bond acceptors (Lipinski definition) is 3. The van der Waals surface area contributed by atoms with Crippen molar-refractivity contribution in [3.05, 3.63) is 59.9 Å². The Hall–Kier alpha value is -2.56. The molecule has 1 fully saturated rings. The first-order chi connectivity index (χ1) is 11.5. The van der Waals surface area contributed by atoms with Gasteiger partial charge in [-0.2, -0.15) is 0 Å². The molecule has 0 unspecified atom stereocenters. The molecule has 0 aliphatic heterocycles. The molecule has 24 heavy (non-hydrogen) atoms. The van der Waals surface area contributed by atoms with Crippen molar-refractivity contribution in [3.8, 4) is 11.5 Å². The standard InChI is InChI=1S/C19H20FNO3/c1-21(2)18(22)19(13-5-4-6-14(20)11-13)12-17(19)24-16-9-7-15(23-3)8-10-16/h4-11,17H,12H2,1-3H3/t17-,19-/m0/s1. The van der Waals surface area contributed by atoms with E-state index in [1.54, 1.807) is 57.6 Å². The van der Waals surface area contributed by atoms with Crippen molar-refractivity contribution in [3.63, 3.8) is 0 Å². The Labute approximate surface area is 140 Å². The molecule has 0 spiro atoms. The minimum absolute atomic E-state index is 0.0772. The molecular weight excluding hydrogens is 309 g/mol. The zero-order valence-corrected chi connectivity index (χ0v) is 14.0. The first-order valence-corrected chi connectivity index (χ1v) is 7.76. The fourth-order valence-corrected chi connectivity index (χ4v) is 3.01. The Bertz CT molecular complexity index is 745. The molecule has 0 aromatic heterocycles. The average molecular weight is 329 g/mol. The van der Waals surface area contributed by atoms with E-state index in [1.165, 1.54) is 17.0 Å². The van der Waals surface area contributed by atoms with Gasteiger partial charge in [-0.15, -0.1) is 0 Å². The van der Waals surface area contributed by atoms with Crippen molar-refractivity contribution in [2.75, 3.05) is 21.2 Å². The van der Waals surface area contributed by atoms with Crippen molar-refractivity contribution in [1.82, 2.24) is 4.90 Å². The Balaban J connectivity index is 1.87. The van der Waals surface area contributed by atoms with Gasteiger partial charge < -0.3 is 14.4 Å². The molecule has 2 atom stereocenters. The monoisotopic (exact) mass is 329 g/mol. The molecule has 1 aliphatic carbocycles. The highest BCUT2D eigenvalue weighted by Gasteiger charge is 2.64. The second-order valence-electron chi connectivity index (χ2n) is 6.17. The number of carbonyl (C=O) groups is 1. The summed E-state index contributed by atoms with van der Waals surface area (Å²) in [6.45, 7) is 0. The molecule has 2 aromatic carbocycles. The maximum Gasteiger partial charge on any atom is 0.236 e. The predicted octanol–water partition coefficient (Wildman–Crippen LogP) is 3.01. The zero-order valence-electron chi connectivity index (χ0n) is 14.0. The van der Waals surface area contributed by atoms with Gasteiger partial charge in [0.2, 0.25) is 5.91 Å². The lowest BCUT2D eigenvalue weighted by molar-refractivity contribution is -0.132. The summed E-state index contributed by atoms with van der Waals surface area (Å²) in [6, 6.07) is 13.4. The van der Waals surface area contributed by atoms with Gasteiger partial charge in [0.1, 0.15) is 28.8 Å². The molecule has 1 amide bonds. The largest absolute Gasteiger partial charge is 0.497 e. The minimum atomic E-state index is -0.828. The summed E-state index contributed by atoms with van der Waals surface area (Å²) in [4.78, 5) is 14.3. The van der Waals surface area contributed by atoms with Gasteiger partial charge in [-0.25, -0.2) is 4.39 Å². The van der Waals surface area contributed by atoms with Crippen LogP contribution in [0.4, 0.5) is 4.39 Å². The lowest BCUT2D eigenvalue weighted by atomic mass is 9.94. The van der Waals surface area contributed by atoms with Crippen LogP contribution in [0.2, 0.25) is 0 Å². The molecule has 1 aliphatic rings. The van der Waals surface area contributed by atoms with Crippen LogP contribution in [0, 0.1) is 5.82 Å². The topological polar surface area (TPSA) is 38.8 Å². The van der Waals surface area contributed by atoms with Crippen LogP contribution in [0.5, 0.6) is 11.5 Å². The maximum atomic E-state index is 13.6. The number of likely N-dealkylation sites (N-methyl/N-ethyl adjacent to an activating group) is 1. The Kier molecular flexibility index (Phi) is 4.18. The Morgan fingerprint density at radius 2 is 1.83 bits per heavy atom. The Morgan fingerprint density at radius 1 is 1.17 bits per heavy atom. The van der Waals surface area contributed by atoms with E-state index in [1.807, 2.05) is 0 Å². The quantitative estimate of drug-likeness (QED) is 0.846. The van der Waals surface area contributed by atoms with E-state index in [0.29, 0.717) is 17.7 Å². The highest BCUT2D eigenvalue weighted by atomic mass is 19.1. The van der Waals surface area contributed by atoms with E-state index in [9.17, 15) is 9.18 Å². The van der Waals surface area contributed by atoms with Crippen molar-refractivity contribution >= 4 is 5.91 Å². The van der Waals surface area contributed by atoms with Crippen LogP contribution < -0.4 is 9.47 Å². The summed E-state index contributed by atoms with van der Waals surface area (Å²) in [5, 5.41) is 0. The van der Waals surface area contributed by atoms with Crippen LogP contribution in [-0.2, 0) is 10.2 Å². The molecule has 0 N–H and O–H groups in total. The summed E-state index contributed by atoms with van der Waals surface area (Å²) in [5.74, 6) is 0.963. The highest BCUT2D eigenvalue weighted by Crippen LogP contribution is 2.51. The maximum absolute atomic E-state index is 13.6. The number of halogens is 1. The number of carbonyl (C=O) groups excluding carboxylic acids is 1. The fourth-order valence-electron chi connectivity index (χ4n) is 3.01. The van der Waals surface area contributed by atoms with Gasteiger partial charge in [0.15, 0.2) is 0 Å². The van der Waals surface area contributed by atoms with E-state index in [4.69, 9.17) is 9.47 Å². The number of ether oxygens (including phenoxy) is 2. The number of methoxy groups -OCH3 is 1. The molecule has 0 bridgehead atoms. The molecule has 0 heterocycles. The van der Waals surface area contributed by atoms with Crippen LogP contribution >= 0.6 is 0 Å². The van der Waals surface area contributed by atoms with Gasteiger partial charge in [0.25, 0.3) is 0 Å². The van der Waals surface area contributed by atoms with Crippen LogP contribution in [0.3, 0.4) is 0 Å². The van der Waals surface area contributed by atoms with Crippen molar-refractivity contribution in [2.45, 2.75) is 17.9 Å². The second-order valence-corrected chi connectivity index (χ2v) is 6.17. The number of benzene rings is 2. The van der Waals surface area contributed by atoms with Crippen LogP contribution in [-0.4, -0.2) is 38.1 Å². The van der Waals surface area contributed by atoms with Crippen molar-refractivity contribution in [2.24, 2.45) is 0 Å². The van der Waals surface area contributed by atoms with E-state index >= 15 is 0 Å². The van der Waals surface area contributed by atoms with Crippen LogP contribution in [0.1, 0.15) is 12.0 Å². The smallest absolute Gasteiger partial charge is 0.236 e. The number of hydrogen-bond donors (Lipinski definition) is 0. The molecular formula is C19H20FNO3. The minimum Gasteiger partial charge on any atom is -0.497 e. The summed E-state index contributed by atoms with van der Waals surface area (Å²) in [5.41, 5.74) is -0.175. The molecule has 3 rings (SSSR count). The Morgan fingerprint density at radius 3 is 2.42 bits per heavy atom. The normalized spacial score (nSPS) is 21.9. The molecule has 2 aromatic rings. The lowest BCUT2D eigenvalue weighted by Crippen LogP contribution is -2.37. The third kappa shape index (κ3) is 2.82. The average Bonchev–Trinajstić information content (AvgIpc) is 3.29. The SMILES string of the molecule is COc1ccc(O[C@H]2C[C@]2(C(=O)N(C)C)c2cccc(F)c2)cc1. The molecule has 0 saturated heterocycles. The number of amides is 1. The lowest BCUT2D eigenvalue weighted by Gasteiger charge is -2.22. The van der Waals surface area contributed by atoms with Gasteiger partial charge in [-0.3, -0.25) is 4.79 Å². The second kappa shape index (κ2) is 6.15. The van der Waals surface area contributed by atoms with E-state index in [0.717, 1.165) is 5.75 Å². The summed E-state index contributed by atoms with van der Waals surface area (Å²) in [6.07, 6.45) is 0.210. The van der Waals surface area contributed by atoms with Gasteiger partial charge in [-0.1, -0.05) is 12.1 Å². The first-order valence-electron chi connectivity index (χ1n) is 7.76. The van der Waals surface area contributed by atoms with Crippen molar-refractivity contribution < 1.29 is 18.7 Å². The van der Waals surface area contributed by atoms with Gasteiger partial charge in [0.05, 0.1) is 7.11 Å². The molecule has 1 saturated carbocycles. The zero-order chi connectivity index (χ0) is 17.3. The van der Waals surface area contributed by atoms with Crippen LogP contribution in [0.25, 0.3) is 0 Å². The molecule has 4 nitrogen and oxygen atoms in total. The third-order valence-corrected chi connectivity index (χ3v) is 4.36. The number of nitrogens with zero attached hydrogens (tertiary/aromatic N) is 1. The van der Waals surface area contributed by atoms with Crippen molar-refractivity contribution in [1.29, 1.82) is 0 Å². The summed E-state index contributed by atoms with van der Waals surface area (Å²) >= 11 is 0. The van der Waals surface area contributed by atoms with E-state index in [-0.39, 0.29) is 17.8 Å². The van der Waals surface area contributed by atoms with E-state index < -0.39 is 5.41 Å². The summed E-state index contributed by atoms with van der Waals surface area (Å²) < 4.78 is 24.8. The van der Waals surface area contributed by atoms with Gasteiger partial charge in [-0.05, 0) is 42.0 Å². The molecule has 126 valence electrons. The van der Waals surface area contributed by atoms with Crippen LogP contribution in [0.15, 0.2) is 48.5 Å². The fraction of sp³-hybridized carbons (Fsp3) is 0.316. The number of rotatable bonds is 5. The van der Waals surface area contributed by atoms with Gasteiger partial charge >= 0.3 is 0 Å². The highest BCUT2D eigenvalue weighted by molar-refractivity contribution is 5.92. The van der Waals surface area contributed by atoms with E-state index in [2.05, 4.69) is 0 Å². The molecule has 0 radical (unpaired) electrons. The molecule has 5 heteroatoms. The summed E-state index contributed by atoms with van der Waals surface area (Å²) in [7, 11) is 5.00. The third-order valence-electron chi connectivity index (χ3n) is 4.36. The van der Waals surface area contributed by atoms with Gasteiger partial charge in [0, 0.05) is 20.5 Å². The predicted molar refractivity (Wildman–Crippen MR) is 88.8 cm³/mol. The first kappa shape index (κ1) is 16.3.